The SMILES string of the molecule is CNc1ncn2ccc(I)cc12.Cl. The Morgan fingerprint density at radius 1 is 1.54 bits per heavy atom. The summed E-state index contributed by atoms with van der Waals surface area (Å²) in [6.07, 6.45) is 3.81. The Bertz CT molecular complexity index is 413. The molecule has 0 bridgehead atoms. The standard InChI is InChI=1S/C8H8IN3.ClH/c1-10-8-7-4-6(9)2-3-12(7)5-11-8;/h2-5,10H,1H3;1H. The van der Waals surface area contributed by atoms with Crippen LogP contribution in [0.5, 0.6) is 0 Å². The van der Waals surface area contributed by atoms with Gasteiger partial charge in [-0.3, -0.25) is 0 Å². The molecule has 3 nitrogen and oxygen atoms in total. The summed E-state index contributed by atoms with van der Waals surface area (Å²) in [6, 6.07) is 4.15. The second-order valence-corrected chi connectivity index (χ2v) is 3.73. The zero-order valence-corrected chi connectivity index (χ0v) is 9.96. The Balaban J connectivity index is 0.000000845. The van der Waals surface area contributed by atoms with Crippen LogP contribution in [0.2, 0.25) is 0 Å². The molecule has 2 rings (SSSR count). The quantitative estimate of drug-likeness (QED) is 0.820. The smallest absolute Gasteiger partial charge is 0.151 e. The van der Waals surface area contributed by atoms with Crippen LogP contribution in [0, 0.1) is 3.57 Å². The predicted octanol–water partition coefficient (Wildman–Crippen LogP) is 2.40. The van der Waals surface area contributed by atoms with Gasteiger partial charge >= 0.3 is 0 Å². The summed E-state index contributed by atoms with van der Waals surface area (Å²) in [5.41, 5.74) is 1.12. The van der Waals surface area contributed by atoms with Gasteiger partial charge in [0.2, 0.25) is 0 Å². The summed E-state index contributed by atoms with van der Waals surface area (Å²) in [4.78, 5) is 4.20. The van der Waals surface area contributed by atoms with Crippen LogP contribution >= 0.6 is 35.0 Å². The highest BCUT2D eigenvalue weighted by molar-refractivity contribution is 14.1. The van der Waals surface area contributed by atoms with Crippen molar-refractivity contribution in [2.75, 3.05) is 12.4 Å². The van der Waals surface area contributed by atoms with E-state index in [0.29, 0.717) is 0 Å². The third-order valence-electron chi connectivity index (χ3n) is 1.74. The third kappa shape index (κ3) is 1.88. The molecule has 2 aromatic heterocycles. The van der Waals surface area contributed by atoms with Crippen molar-refractivity contribution >= 4 is 46.3 Å². The fourth-order valence-electron chi connectivity index (χ4n) is 1.16. The molecule has 0 amide bonds. The molecule has 0 aromatic carbocycles. The van der Waals surface area contributed by atoms with Crippen molar-refractivity contribution < 1.29 is 0 Å². The van der Waals surface area contributed by atoms with Gasteiger partial charge in [-0.25, -0.2) is 4.98 Å². The van der Waals surface area contributed by atoms with Crippen LogP contribution in [-0.2, 0) is 0 Å². The molecule has 70 valence electrons. The topological polar surface area (TPSA) is 29.3 Å². The maximum atomic E-state index is 4.20. The molecule has 0 fully saturated rings. The van der Waals surface area contributed by atoms with Gasteiger partial charge in [0.15, 0.2) is 5.82 Å². The molecule has 0 spiro atoms. The number of nitrogens with one attached hydrogen (secondary N) is 1. The van der Waals surface area contributed by atoms with Crippen LogP contribution in [0.25, 0.3) is 5.52 Å². The highest BCUT2D eigenvalue weighted by Gasteiger charge is 2.00. The first-order valence-electron chi connectivity index (χ1n) is 3.61. The molecule has 0 aliphatic carbocycles. The number of halogens is 2. The summed E-state index contributed by atoms with van der Waals surface area (Å²) in [5.74, 6) is 0.925. The molecule has 0 aliphatic heterocycles. The van der Waals surface area contributed by atoms with Crippen molar-refractivity contribution in [1.29, 1.82) is 0 Å². The first-order valence-corrected chi connectivity index (χ1v) is 4.69. The fraction of sp³-hybridized carbons (Fsp3) is 0.125. The van der Waals surface area contributed by atoms with Crippen LogP contribution in [0.1, 0.15) is 0 Å². The van der Waals surface area contributed by atoms with E-state index in [0.717, 1.165) is 11.3 Å². The van der Waals surface area contributed by atoms with E-state index in [-0.39, 0.29) is 12.4 Å². The van der Waals surface area contributed by atoms with E-state index in [1.807, 2.05) is 17.6 Å². The first-order chi connectivity index (χ1) is 5.81. The molecular formula is C8H9ClIN3. The Morgan fingerprint density at radius 3 is 3.00 bits per heavy atom. The van der Waals surface area contributed by atoms with E-state index >= 15 is 0 Å². The lowest BCUT2D eigenvalue weighted by Crippen LogP contribution is -1.89. The number of pyridine rings is 1. The van der Waals surface area contributed by atoms with Crippen molar-refractivity contribution in [3.05, 3.63) is 28.2 Å². The van der Waals surface area contributed by atoms with E-state index in [2.05, 4.69) is 45.0 Å². The maximum absolute atomic E-state index is 4.20. The molecule has 13 heavy (non-hydrogen) atoms. The molecule has 1 N–H and O–H groups in total. The molecule has 0 radical (unpaired) electrons. The van der Waals surface area contributed by atoms with Gasteiger partial charge in [0, 0.05) is 16.8 Å². The molecule has 0 atom stereocenters. The van der Waals surface area contributed by atoms with Crippen LogP contribution in [0.4, 0.5) is 5.82 Å². The Labute approximate surface area is 96.1 Å². The minimum Gasteiger partial charge on any atom is -0.371 e. The Morgan fingerprint density at radius 2 is 2.31 bits per heavy atom. The number of hydrogen-bond acceptors (Lipinski definition) is 2. The van der Waals surface area contributed by atoms with E-state index in [4.69, 9.17) is 0 Å². The van der Waals surface area contributed by atoms with E-state index < -0.39 is 0 Å². The van der Waals surface area contributed by atoms with Crippen LogP contribution < -0.4 is 5.32 Å². The van der Waals surface area contributed by atoms with Gasteiger partial charge in [-0.15, -0.1) is 12.4 Å². The molecule has 2 heterocycles. The van der Waals surface area contributed by atoms with Crippen molar-refractivity contribution in [3.8, 4) is 0 Å². The Hall–Kier alpha value is -0.490. The first kappa shape index (κ1) is 10.6. The van der Waals surface area contributed by atoms with E-state index in [1.54, 1.807) is 6.33 Å². The van der Waals surface area contributed by atoms with E-state index in [1.165, 1.54) is 3.57 Å². The molecule has 0 unspecified atom stereocenters. The summed E-state index contributed by atoms with van der Waals surface area (Å²) in [7, 11) is 1.88. The van der Waals surface area contributed by atoms with Gasteiger partial charge in [-0.1, -0.05) is 0 Å². The molecule has 0 saturated carbocycles. The van der Waals surface area contributed by atoms with Crippen LogP contribution in [-0.4, -0.2) is 16.4 Å². The van der Waals surface area contributed by atoms with Gasteiger partial charge in [0.25, 0.3) is 0 Å². The van der Waals surface area contributed by atoms with Crippen molar-refractivity contribution in [3.63, 3.8) is 0 Å². The van der Waals surface area contributed by atoms with Gasteiger partial charge in [0.05, 0.1) is 5.52 Å². The van der Waals surface area contributed by atoms with Crippen LogP contribution in [0.3, 0.4) is 0 Å². The minimum atomic E-state index is 0. The monoisotopic (exact) mass is 309 g/mol. The van der Waals surface area contributed by atoms with Gasteiger partial charge in [-0.2, -0.15) is 0 Å². The lowest BCUT2D eigenvalue weighted by Gasteiger charge is -1.96. The predicted molar refractivity (Wildman–Crippen MR) is 64.7 cm³/mol. The summed E-state index contributed by atoms with van der Waals surface area (Å²) < 4.78 is 3.21. The number of aromatic nitrogens is 2. The van der Waals surface area contributed by atoms with Crippen LogP contribution in [0.15, 0.2) is 24.7 Å². The number of rotatable bonds is 1. The molecular weight excluding hydrogens is 300 g/mol. The summed E-state index contributed by atoms with van der Waals surface area (Å²) in [6.45, 7) is 0. The molecule has 0 saturated heterocycles. The molecule has 5 heteroatoms. The van der Waals surface area contributed by atoms with Gasteiger partial charge in [-0.05, 0) is 34.7 Å². The van der Waals surface area contributed by atoms with Crippen molar-refractivity contribution in [1.82, 2.24) is 9.38 Å². The minimum absolute atomic E-state index is 0. The molecule has 2 aromatic rings. The van der Waals surface area contributed by atoms with Crippen molar-refractivity contribution in [2.45, 2.75) is 0 Å². The highest BCUT2D eigenvalue weighted by atomic mass is 127. The summed E-state index contributed by atoms with van der Waals surface area (Å²) >= 11 is 2.29. The second kappa shape index (κ2) is 4.15. The number of imidazole rings is 1. The number of anilines is 1. The van der Waals surface area contributed by atoms with Gasteiger partial charge < -0.3 is 9.72 Å². The highest BCUT2D eigenvalue weighted by Crippen LogP contribution is 2.16. The molecule has 0 aliphatic rings. The third-order valence-corrected chi connectivity index (χ3v) is 2.41. The fourth-order valence-corrected chi connectivity index (χ4v) is 1.61. The zero-order chi connectivity index (χ0) is 8.55. The zero-order valence-electron chi connectivity index (χ0n) is 6.99. The average molecular weight is 310 g/mol. The second-order valence-electron chi connectivity index (χ2n) is 2.48. The number of nitrogens with zero attached hydrogens (tertiary/aromatic N) is 2. The summed E-state index contributed by atoms with van der Waals surface area (Å²) in [5, 5.41) is 3.04. The van der Waals surface area contributed by atoms with E-state index in [9.17, 15) is 0 Å². The lowest BCUT2D eigenvalue weighted by atomic mass is 10.4. The van der Waals surface area contributed by atoms with Crippen molar-refractivity contribution in [2.24, 2.45) is 0 Å². The maximum Gasteiger partial charge on any atom is 0.151 e. The number of hydrogen-bond donors (Lipinski definition) is 1. The lowest BCUT2D eigenvalue weighted by molar-refractivity contribution is 1.15. The number of fused-ring (bicyclic) bond motifs is 1. The largest absolute Gasteiger partial charge is 0.371 e. The average Bonchev–Trinajstić information content (AvgIpc) is 2.46. The Kier molecular flexibility index (Phi) is 3.38. The normalized spacial score (nSPS) is 9.69. The van der Waals surface area contributed by atoms with Gasteiger partial charge in [0.1, 0.15) is 6.33 Å².